The van der Waals surface area contributed by atoms with Crippen molar-refractivity contribution in [2.45, 2.75) is 18.9 Å². The Morgan fingerprint density at radius 2 is 1.70 bits per heavy atom. The van der Waals surface area contributed by atoms with Gasteiger partial charge in [0.2, 0.25) is 0 Å². The lowest BCUT2D eigenvalue weighted by molar-refractivity contribution is 0.0383. The summed E-state index contributed by atoms with van der Waals surface area (Å²) in [5.41, 5.74) is 1.99. The third-order valence-electron chi connectivity index (χ3n) is 6.20. The number of carbonyl (C=O) groups excluding carboxylic acids is 2. The number of carbonyl (C=O) groups is 2. The highest BCUT2D eigenvalue weighted by Gasteiger charge is 2.24. The van der Waals surface area contributed by atoms with Crippen LogP contribution in [0, 0.1) is 0 Å². The number of piperidine rings is 1. The number of morpholine rings is 1. The first-order valence-electron chi connectivity index (χ1n) is 11.6. The number of nitrogens with zero attached hydrogens (tertiary/aromatic N) is 2. The zero-order valence-electron chi connectivity index (χ0n) is 18.8. The Bertz CT molecular complexity index is 956. The first kappa shape index (κ1) is 23.5. The highest BCUT2D eigenvalue weighted by molar-refractivity contribution is 6.33. The quantitative estimate of drug-likeness (QED) is 0.650. The number of hydrogen-bond acceptors (Lipinski definition) is 5. The third-order valence-corrected chi connectivity index (χ3v) is 6.53. The lowest BCUT2D eigenvalue weighted by Gasteiger charge is -2.33. The molecule has 0 spiro atoms. The second kappa shape index (κ2) is 11.5. The largest absolute Gasteiger partial charge is 0.381 e. The molecule has 2 N–H and O–H groups in total. The lowest BCUT2D eigenvalue weighted by atomic mass is 10.0. The van der Waals surface area contributed by atoms with E-state index in [1.54, 1.807) is 24.3 Å². The van der Waals surface area contributed by atoms with Crippen molar-refractivity contribution in [2.24, 2.45) is 0 Å². The van der Waals surface area contributed by atoms with Gasteiger partial charge in [-0.1, -0.05) is 29.8 Å². The minimum atomic E-state index is -0.152. The Morgan fingerprint density at radius 3 is 2.45 bits per heavy atom. The standard InChI is InChI=1S/C25H31ClN4O3/c26-22-6-1-2-7-23(22)28-21-8-11-30(12-9-21)25(32)20-5-3-4-19(18-20)24(31)27-10-13-29-14-16-33-17-15-29/h1-7,18,21,28H,8-17H2,(H,27,31). The summed E-state index contributed by atoms with van der Waals surface area (Å²) >= 11 is 6.25. The van der Waals surface area contributed by atoms with E-state index in [-0.39, 0.29) is 17.9 Å². The second-order valence-corrected chi connectivity index (χ2v) is 8.89. The van der Waals surface area contributed by atoms with Crippen molar-refractivity contribution in [3.63, 3.8) is 0 Å². The fraction of sp³-hybridized carbons (Fsp3) is 0.440. The number of anilines is 1. The molecule has 2 aromatic rings. The molecule has 2 amide bonds. The van der Waals surface area contributed by atoms with E-state index in [1.807, 2.05) is 29.2 Å². The van der Waals surface area contributed by atoms with E-state index < -0.39 is 0 Å². The summed E-state index contributed by atoms with van der Waals surface area (Å²) in [5, 5.41) is 7.15. The molecule has 0 atom stereocenters. The number of nitrogens with one attached hydrogen (secondary N) is 2. The van der Waals surface area contributed by atoms with E-state index >= 15 is 0 Å². The van der Waals surface area contributed by atoms with Crippen LogP contribution < -0.4 is 10.6 Å². The Balaban J connectivity index is 1.27. The highest BCUT2D eigenvalue weighted by atomic mass is 35.5. The minimum absolute atomic E-state index is 0.0332. The fourth-order valence-corrected chi connectivity index (χ4v) is 4.45. The number of amides is 2. The summed E-state index contributed by atoms with van der Waals surface area (Å²) < 4.78 is 5.35. The van der Waals surface area contributed by atoms with Crippen LogP contribution in [0.3, 0.4) is 0 Å². The molecule has 0 bridgehead atoms. The molecule has 0 aliphatic carbocycles. The van der Waals surface area contributed by atoms with Crippen molar-refractivity contribution in [3.05, 3.63) is 64.7 Å². The van der Waals surface area contributed by atoms with Gasteiger partial charge in [0, 0.05) is 56.4 Å². The van der Waals surface area contributed by atoms with E-state index in [4.69, 9.17) is 16.3 Å². The van der Waals surface area contributed by atoms with Crippen LogP contribution in [0.15, 0.2) is 48.5 Å². The number of ether oxygens (including phenoxy) is 1. The van der Waals surface area contributed by atoms with Crippen molar-refractivity contribution in [2.75, 3.05) is 57.8 Å². The number of halogens is 1. The summed E-state index contributed by atoms with van der Waals surface area (Å²) in [4.78, 5) is 29.8. The van der Waals surface area contributed by atoms with Crippen LogP contribution in [0.5, 0.6) is 0 Å². The van der Waals surface area contributed by atoms with Crippen LogP contribution in [0.2, 0.25) is 5.02 Å². The molecule has 0 unspecified atom stereocenters. The maximum atomic E-state index is 13.0. The Labute approximate surface area is 200 Å². The van der Waals surface area contributed by atoms with Gasteiger partial charge in [-0.2, -0.15) is 0 Å². The van der Waals surface area contributed by atoms with Crippen molar-refractivity contribution >= 4 is 29.1 Å². The molecule has 2 fully saturated rings. The molecule has 0 saturated carbocycles. The predicted molar refractivity (Wildman–Crippen MR) is 130 cm³/mol. The fourth-order valence-electron chi connectivity index (χ4n) is 4.26. The number of rotatable bonds is 7. The maximum absolute atomic E-state index is 13.0. The van der Waals surface area contributed by atoms with Crippen molar-refractivity contribution in [1.82, 2.24) is 15.1 Å². The molecule has 0 radical (unpaired) electrons. The number of benzene rings is 2. The average molecular weight is 471 g/mol. The minimum Gasteiger partial charge on any atom is -0.381 e. The van der Waals surface area contributed by atoms with Crippen LogP contribution in [0.25, 0.3) is 0 Å². The van der Waals surface area contributed by atoms with E-state index in [0.29, 0.717) is 35.8 Å². The van der Waals surface area contributed by atoms with Gasteiger partial charge in [0.25, 0.3) is 11.8 Å². The van der Waals surface area contributed by atoms with E-state index in [2.05, 4.69) is 15.5 Å². The first-order valence-corrected chi connectivity index (χ1v) is 12.0. The molecule has 33 heavy (non-hydrogen) atoms. The summed E-state index contributed by atoms with van der Waals surface area (Å²) in [6, 6.07) is 15.0. The van der Waals surface area contributed by atoms with E-state index in [9.17, 15) is 9.59 Å². The van der Waals surface area contributed by atoms with Crippen LogP contribution in [-0.4, -0.2) is 80.1 Å². The second-order valence-electron chi connectivity index (χ2n) is 8.48. The van der Waals surface area contributed by atoms with Gasteiger partial charge in [0.1, 0.15) is 0 Å². The van der Waals surface area contributed by atoms with Crippen LogP contribution in [-0.2, 0) is 4.74 Å². The van der Waals surface area contributed by atoms with Gasteiger partial charge >= 0.3 is 0 Å². The van der Waals surface area contributed by atoms with E-state index in [0.717, 1.165) is 51.4 Å². The summed E-state index contributed by atoms with van der Waals surface area (Å²) in [6.45, 7) is 5.97. The highest BCUT2D eigenvalue weighted by Crippen LogP contribution is 2.24. The molecular formula is C25H31ClN4O3. The summed E-state index contributed by atoms with van der Waals surface area (Å²) in [7, 11) is 0. The molecule has 7 nitrogen and oxygen atoms in total. The van der Waals surface area contributed by atoms with Gasteiger partial charge in [-0.25, -0.2) is 0 Å². The molecule has 0 aromatic heterocycles. The van der Waals surface area contributed by atoms with Crippen molar-refractivity contribution in [1.29, 1.82) is 0 Å². The Kier molecular flexibility index (Phi) is 8.20. The molecule has 2 saturated heterocycles. The molecule has 2 aliphatic heterocycles. The molecular weight excluding hydrogens is 440 g/mol. The van der Waals surface area contributed by atoms with Crippen molar-refractivity contribution < 1.29 is 14.3 Å². The zero-order chi connectivity index (χ0) is 23.0. The molecule has 4 rings (SSSR count). The monoisotopic (exact) mass is 470 g/mol. The molecule has 2 heterocycles. The van der Waals surface area contributed by atoms with Crippen LogP contribution in [0.4, 0.5) is 5.69 Å². The molecule has 2 aromatic carbocycles. The van der Waals surface area contributed by atoms with Gasteiger partial charge in [-0.05, 0) is 43.2 Å². The topological polar surface area (TPSA) is 73.9 Å². The summed E-state index contributed by atoms with van der Waals surface area (Å²) in [6.07, 6.45) is 1.69. The normalized spacial score (nSPS) is 17.5. The van der Waals surface area contributed by atoms with Crippen LogP contribution in [0.1, 0.15) is 33.6 Å². The molecule has 8 heteroatoms. The smallest absolute Gasteiger partial charge is 0.253 e. The van der Waals surface area contributed by atoms with Gasteiger partial charge in [-0.3, -0.25) is 14.5 Å². The van der Waals surface area contributed by atoms with E-state index in [1.165, 1.54) is 0 Å². The van der Waals surface area contributed by atoms with Gasteiger partial charge < -0.3 is 20.3 Å². The predicted octanol–water partition coefficient (Wildman–Crippen LogP) is 3.12. The molecule has 2 aliphatic rings. The average Bonchev–Trinajstić information content (AvgIpc) is 2.86. The summed E-state index contributed by atoms with van der Waals surface area (Å²) in [5.74, 6) is -0.185. The van der Waals surface area contributed by atoms with Gasteiger partial charge in [0.15, 0.2) is 0 Å². The maximum Gasteiger partial charge on any atom is 0.253 e. The lowest BCUT2D eigenvalue weighted by Crippen LogP contribution is -2.42. The third kappa shape index (κ3) is 6.47. The zero-order valence-corrected chi connectivity index (χ0v) is 19.5. The number of para-hydroxylation sites is 1. The molecule has 176 valence electrons. The SMILES string of the molecule is O=C(NCCN1CCOCC1)c1cccc(C(=O)N2CCC(Nc3ccccc3Cl)CC2)c1. The Morgan fingerprint density at radius 1 is 0.970 bits per heavy atom. The number of likely N-dealkylation sites (tertiary alicyclic amines) is 1. The first-order chi connectivity index (χ1) is 16.1. The van der Waals surface area contributed by atoms with Crippen LogP contribution >= 0.6 is 11.6 Å². The Hall–Kier alpha value is -2.61. The van der Waals surface area contributed by atoms with Crippen molar-refractivity contribution in [3.8, 4) is 0 Å². The number of hydrogen-bond donors (Lipinski definition) is 2. The van der Waals surface area contributed by atoms with Gasteiger partial charge in [0.05, 0.1) is 23.9 Å². The van der Waals surface area contributed by atoms with Gasteiger partial charge in [-0.15, -0.1) is 0 Å².